The molecular formula is C13H22BrN3. The summed E-state index contributed by atoms with van der Waals surface area (Å²) >= 11 is 3.65. The first-order valence-corrected chi connectivity index (χ1v) is 7.32. The second-order valence-corrected chi connectivity index (χ2v) is 5.90. The normalized spacial score (nSPS) is 17.4. The molecule has 0 amide bonds. The Morgan fingerprint density at radius 1 is 1.53 bits per heavy atom. The van der Waals surface area contributed by atoms with Crippen molar-refractivity contribution in [1.82, 2.24) is 15.1 Å². The van der Waals surface area contributed by atoms with Crippen LogP contribution in [0.15, 0.2) is 4.47 Å². The molecule has 1 heterocycles. The third-order valence-corrected chi connectivity index (χ3v) is 4.54. The summed E-state index contributed by atoms with van der Waals surface area (Å²) in [6.45, 7) is 5.28. The molecule has 1 atom stereocenters. The quantitative estimate of drug-likeness (QED) is 0.875. The molecule has 1 aromatic heterocycles. The number of aryl methyl sites for hydroxylation is 2. The highest BCUT2D eigenvalue weighted by Gasteiger charge is 2.26. The van der Waals surface area contributed by atoms with Gasteiger partial charge in [0.15, 0.2) is 0 Å². The molecular weight excluding hydrogens is 278 g/mol. The van der Waals surface area contributed by atoms with Crippen LogP contribution >= 0.6 is 15.9 Å². The van der Waals surface area contributed by atoms with Crippen LogP contribution in [-0.2, 0) is 13.5 Å². The van der Waals surface area contributed by atoms with E-state index >= 15 is 0 Å². The topological polar surface area (TPSA) is 29.9 Å². The molecule has 0 bridgehead atoms. The van der Waals surface area contributed by atoms with Gasteiger partial charge in [-0.15, -0.1) is 0 Å². The molecule has 0 radical (unpaired) electrons. The van der Waals surface area contributed by atoms with Crippen LogP contribution in [0.4, 0.5) is 0 Å². The van der Waals surface area contributed by atoms with Crippen LogP contribution < -0.4 is 5.32 Å². The van der Waals surface area contributed by atoms with Gasteiger partial charge in [0, 0.05) is 19.5 Å². The average Bonchev–Trinajstić information content (AvgIpc) is 3.04. The number of aromatic nitrogens is 2. The molecule has 0 aromatic carbocycles. The Morgan fingerprint density at radius 2 is 2.24 bits per heavy atom. The Kier molecular flexibility index (Phi) is 4.26. The number of rotatable bonds is 6. The summed E-state index contributed by atoms with van der Waals surface area (Å²) < 4.78 is 3.19. The number of nitrogens with zero attached hydrogens (tertiary/aromatic N) is 2. The maximum Gasteiger partial charge on any atom is 0.0738 e. The van der Waals surface area contributed by atoms with Gasteiger partial charge in [-0.2, -0.15) is 5.10 Å². The van der Waals surface area contributed by atoms with E-state index in [9.17, 15) is 0 Å². The zero-order valence-corrected chi connectivity index (χ0v) is 12.5. The number of halogens is 1. The summed E-state index contributed by atoms with van der Waals surface area (Å²) in [7, 11) is 2.03. The fraction of sp³-hybridized carbons (Fsp3) is 0.769. The fourth-order valence-electron chi connectivity index (χ4n) is 2.42. The van der Waals surface area contributed by atoms with Gasteiger partial charge in [-0.25, -0.2) is 0 Å². The molecule has 2 rings (SSSR count). The van der Waals surface area contributed by atoms with Crippen molar-refractivity contribution in [1.29, 1.82) is 0 Å². The van der Waals surface area contributed by atoms with Gasteiger partial charge in [-0.1, -0.05) is 19.8 Å². The monoisotopic (exact) mass is 299 g/mol. The first-order chi connectivity index (χ1) is 8.11. The van der Waals surface area contributed by atoms with Crippen LogP contribution in [0.25, 0.3) is 0 Å². The van der Waals surface area contributed by atoms with Gasteiger partial charge in [0.25, 0.3) is 0 Å². The zero-order valence-electron chi connectivity index (χ0n) is 11.0. The van der Waals surface area contributed by atoms with E-state index in [1.807, 2.05) is 11.7 Å². The third kappa shape index (κ3) is 3.32. The Labute approximate surface area is 112 Å². The Morgan fingerprint density at radius 3 is 2.71 bits per heavy atom. The van der Waals surface area contributed by atoms with Crippen molar-refractivity contribution in [2.24, 2.45) is 13.0 Å². The molecule has 96 valence electrons. The van der Waals surface area contributed by atoms with Gasteiger partial charge in [-0.05, 0) is 41.7 Å². The highest BCUT2D eigenvalue weighted by molar-refractivity contribution is 9.10. The average molecular weight is 300 g/mol. The Balaban J connectivity index is 2.04. The minimum absolute atomic E-state index is 0.596. The van der Waals surface area contributed by atoms with E-state index in [0.717, 1.165) is 24.6 Å². The van der Waals surface area contributed by atoms with Crippen molar-refractivity contribution in [3.8, 4) is 0 Å². The van der Waals surface area contributed by atoms with Crippen molar-refractivity contribution in [2.45, 2.75) is 45.6 Å². The molecule has 3 nitrogen and oxygen atoms in total. The molecule has 1 aliphatic carbocycles. The lowest BCUT2D eigenvalue weighted by Crippen LogP contribution is -2.32. The molecule has 4 heteroatoms. The van der Waals surface area contributed by atoms with E-state index in [2.05, 4.69) is 40.2 Å². The summed E-state index contributed by atoms with van der Waals surface area (Å²) in [6.07, 6.45) is 5.23. The molecule has 17 heavy (non-hydrogen) atoms. The third-order valence-electron chi connectivity index (χ3n) is 3.51. The summed E-state index contributed by atoms with van der Waals surface area (Å²) in [5, 5.41) is 8.06. The number of hydrogen-bond donors (Lipinski definition) is 1. The van der Waals surface area contributed by atoms with E-state index in [0.29, 0.717) is 6.04 Å². The van der Waals surface area contributed by atoms with Gasteiger partial charge in [0.2, 0.25) is 0 Å². The lowest BCUT2D eigenvalue weighted by atomic mass is 10.0. The number of hydrogen-bond acceptors (Lipinski definition) is 2. The lowest BCUT2D eigenvalue weighted by Gasteiger charge is -2.18. The molecule has 0 spiro atoms. The van der Waals surface area contributed by atoms with Crippen LogP contribution in [0.5, 0.6) is 0 Å². The lowest BCUT2D eigenvalue weighted by molar-refractivity contribution is 0.454. The predicted molar refractivity (Wildman–Crippen MR) is 74.2 cm³/mol. The SMILES string of the molecule is CCNC(Cc1c(Br)c(C)nn1C)CC1CC1. The molecule has 1 saturated carbocycles. The molecule has 0 aliphatic heterocycles. The first kappa shape index (κ1) is 13.1. The van der Waals surface area contributed by atoms with Gasteiger partial charge in [-0.3, -0.25) is 4.68 Å². The summed E-state index contributed by atoms with van der Waals surface area (Å²) in [6, 6.07) is 0.596. The maximum atomic E-state index is 4.46. The summed E-state index contributed by atoms with van der Waals surface area (Å²) in [4.78, 5) is 0. The predicted octanol–water partition coefficient (Wildman–Crippen LogP) is 2.81. The van der Waals surface area contributed by atoms with Crippen LogP contribution in [0.2, 0.25) is 0 Å². The van der Waals surface area contributed by atoms with Gasteiger partial charge >= 0.3 is 0 Å². The van der Waals surface area contributed by atoms with Gasteiger partial charge in [0.1, 0.15) is 0 Å². The van der Waals surface area contributed by atoms with Gasteiger partial charge < -0.3 is 5.32 Å². The molecule has 1 aliphatic rings. The van der Waals surface area contributed by atoms with Crippen molar-refractivity contribution in [3.05, 3.63) is 15.9 Å². The van der Waals surface area contributed by atoms with E-state index in [1.165, 1.54) is 29.4 Å². The number of likely N-dealkylation sites (N-methyl/N-ethyl adjacent to an activating group) is 1. The van der Waals surface area contributed by atoms with Crippen molar-refractivity contribution in [3.63, 3.8) is 0 Å². The van der Waals surface area contributed by atoms with E-state index in [1.54, 1.807) is 0 Å². The standard InChI is InChI=1S/C13H22BrN3/c1-4-15-11(7-10-5-6-10)8-12-13(14)9(2)16-17(12)3/h10-11,15H,4-8H2,1-3H3. The van der Waals surface area contributed by atoms with Gasteiger partial charge in [0.05, 0.1) is 15.9 Å². The smallest absolute Gasteiger partial charge is 0.0738 e. The largest absolute Gasteiger partial charge is 0.314 e. The van der Waals surface area contributed by atoms with Crippen molar-refractivity contribution >= 4 is 15.9 Å². The molecule has 1 N–H and O–H groups in total. The van der Waals surface area contributed by atoms with E-state index in [4.69, 9.17) is 0 Å². The van der Waals surface area contributed by atoms with E-state index in [-0.39, 0.29) is 0 Å². The van der Waals surface area contributed by atoms with Crippen molar-refractivity contribution in [2.75, 3.05) is 6.54 Å². The fourth-order valence-corrected chi connectivity index (χ4v) is 2.92. The molecule has 0 saturated heterocycles. The summed E-state index contributed by atoms with van der Waals surface area (Å²) in [5.74, 6) is 0.965. The van der Waals surface area contributed by atoms with Crippen LogP contribution in [0, 0.1) is 12.8 Å². The second-order valence-electron chi connectivity index (χ2n) is 5.11. The second kappa shape index (κ2) is 5.53. The Hall–Kier alpha value is -0.350. The first-order valence-electron chi connectivity index (χ1n) is 6.53. The molecule has 1 unspecified atom stereocenters. The highest BCUT2D eigenvalue weighted by Crippen LogP contribution is 2.34. The highest BCUT2D eigenvalue weighted by atomic mass is 79.9. The van der Waals surface area contributed by atoms with E-state index < -0.39 is 0 Å². The molecule has 1 aromatic rings. The summed E-state index contributed by atoms with van der Waals surface area (Å²) in [5.41, 5.74) is 2.40. The zero-order chi connectivity index (χ0) is 12.4. The van der Waals surface area contributed by atoms with Crippen LogP contribution in [0.1, 0.15) is 37.6 Å². The maximum absolute atomic E-state index is 4.46. The minimum atomic E-state index is 0.596. The van der Waals surface area contributed by atoms with Crippen LogP contribution in [-0.4, -0.2) is 22.4 Å². The number of nitrogens with one attached hydrogen (secondary N) is 1. The molecule has 1 fully saturated rings. The van der Waals surface area contributed by atoms with Crippen molar-refractivity contribution < 1.29 is 0 Å². The van der Waals surface area contributed by atoms with Crippen LogP contribution in [0.3, 0.4) is 0 Å². The minimum Gasteiger partial charge on any atom is -0.314 e. The Bertz CT molecular complexity index is 382.